The molecule has 1 aliphatic heterocycles. The molecule has 1 rings (SSSR count). The third kappa shape index (κ3) is 3.23. The summed E-state index contributed by atoms with van der Waals surface area (Å²) in [5.74, 6) is 1.01. The van der Waals surface area contributed by atoms with Crippen molar-refractivity contribution in [3.63, 3.8) is 0 Å². The molecular weight excluding hydrogens is 232 g/mol. The maximum absolute atomic E-state index is 11.8. The van der Waals surface area contributed by atoms with E-state index >= 15 is 0 Å². The van der Waals surface area contributed by atoms with Crippen LogP contribution in [0.15, 0.2) is 0 Å². The molecule has 0 aromatic carbocycles. The van der Waals surface area contributed by atoms with Gasteiger partial charge in [0, 0.05) is 6.42 Å². The lowest BCUT2D eigenvalue weighted by Crippen LogP contribution is -2.37. The van der Waals surface area contributed by atoms with Gasteiger partial charge >= 0.3 is 5.97 Å². The first-order chi connectivity index (χ1) is 8.35. The topological polar surface area (TPSA) is 66.8 Å². The van der Waals surface area contributed by atoms with E-state index in [-0.39, 0.29) is 25.1 Å². The summed E-state index contributed by atoms with van der Waals surface area (Å²) < 4.78 is 5.18. The molecular formula is C14H26O4. The van der Waals surface area contributed by atoms with E-state index in [1.54, 1.807) is 0 Å². The zero-order chi connectivity index (χ0) is 13.9. The van der Waals surface area contributed by atoms with E-state index in [0.29, 0.717) is 24.2 Å². The molecule has 18 heavy (non-hydrogen) atoms. The van der Waals surface area contributed by atoms with Crippen molar-refractivity contribution in [2.45, 2.75) is 46.1 Å². The number of rotatable bonds is 6. The molecule has 0 amide bonds. The molecule has 0 aromatic heterocycles. The second-order valence-corrected chi connectivity index (χ2v) is 6.21. The van der Waals surface area contributed by atoms with E-state index in [1.165, 1.54) is 0 Å². The molecule has 1 saturated heterocycles. The van der Waals surface area contributed by atoms with Gasteiger partial charge in [-0.3, -0.25) is 4.79 Å². The number of carbonyl (C=O) groups excluding carboxylic acids is 1. The summed E-state index contributed by atoms with van der Waals surface area (Å²) in [6, 6.07) is 0. The second kappa shape index (κ2) is 6.02. The van der Waals surface area contributed by atoms with Gasteiger partial charge in [0.25, 0.3) is 0 Å². The van der Waals surface area contributed by atoms with Crippen molar-refractivity contribution in [2.75, 3.05) is 13.2 Å². The molecule has 106 valence electrons. The molecule has 0 aliphatic carbocycles. The monoisotopic (exact) mass is 258 g/mol. The van der Waals surface area contributed by atoms with Crippen molar-refractivity contribution >= 4 is 5.97 Å². The minimum atomic E-state index is -1.06. The zero-order valence-corrected chi connectivity index (χ0v) is 11.8. The highest BCUT2D eigenvalue weighted by Gasteiger charge is 2.47. The molecule has 4 heteroatoms. The van der Waals surface area contributed by atoms with Crippen molar-refractivity contribution in [3.8, 4) is 0 Å². The van der Waals surface area contributed by atoms with Crippen LogP contribution in [0.5, 0.6) is 0 Å². The molecule has 1 heterocycles. The third-order valence-corrected chi connectivity index (χ3v) is 4.11. The maximum atomic E-state index is 11.8. The van der Waals surface area contributed by atoms with Gasteiger partial charge in [-0.15, -0.1) is 0 Å². The van der Waals surface area contributed by atoms with Gasteiger partial charge in [-0.25, -0.2) is 0 Å². The molecule has 0 saturated carbocycles. The Labute approximate surface area is 109 Å². The van der Waals surface area contributed by atoms with E-state index in [0.717, 1.165) is 6.42 Å². The molecule has 1 atom stereocenters. The van der Waals surface area contributed by atoms with Crippen LogP contribution < -0.4 is 0 Å². The highest BCUT2D eigenvalue weighted by molar-refractivity contribution is 5.75. The first-order valence-corrected chi connectivity index (χ1v) is 6.79. The minimum absolute atomic E-state index is 0.195. The number of hydrogen-bond donors (Lipinski definition) is 2. The first-order valence-electron chi connectivity index (χ1n) is 6.79. The highest BCUT2D eigenvalue weighted by atomic mass is 16.6. The summed E-state index contributed by atoms with van der Waals surface area (Å²) >= 11 is 0. The summed E-state index contributed by atoms with van der Waals surface area (Å²) in [7, 11) is 0. The van der Waals surface area contributed by atoms with Gasteiger partial charge in [0.2, 0.25) is 0 Å². The molecule has 0 radical (unpaired) electrons. The molecule has 1 unspecified atom stereocenters. The molecule has 2 N–H and O–H groups in total. The fraction of sp³-hybridized carbons (Fsp3) is 0.929. The lowest BCUT2D eigenvalue weighted by atomic mass is 9.77. The Morgan fingerprint density at radius 3 is 2.06 bits per heavy atom. The minimum Gasteiger partial charge on any atom is -0.454 e. The number of esters is 1. The summed E-state index contributed by atoms with van der Waals surface area (Å²) in [5, 5.41) is 18.5. The van der Waals surface area contributed by atoms with Crippen LogP contribution in [0.3, 0.4) is 0 Å². The summed E-state index contributed by atoms with van der Waals surface area (Å²) in [6.07, 6.45) is 1.20. The predicted octanol–water partition coefficient (Wildman–Crippen LogP) is 1.59. The van der Waals surface area contributed by atoms with Crippen molar-refractivity contribution in [3.05, 3.63) is 0 Å². The van der Waals surface area contributed by atoms with E-state index in [9.17, 15) is 15.0 Å². The van der Waals surface area contributed by atoms with Gasteiger partial charge in [-0.05, 0) is 24.2 Å². The van der Waals surface area contributed by atoms with E-state index in [2.05, 4.69) is 27.7 Å². The Morgan fingerprint density at radius 1 is 1.22 bits per heavy atom. The lowest BCUT2D eigenvalue weighted by molar-refractivity contribution is -0.157. The fourth-order valence-electron chi connectivity index (χ4n) is 2.94. The predicted molar refractivity (Wildman–Crippen MR) is 68.9 cm³/mol. The Balaban J connectivity index is 2.71. The number of ether oxygens (including phenoxy) is 1. The Kier molecular flexibility index (Phi) is 5.17. The van der Waals surface area contributed by atoms with Crippen LogP contribution in [0.25, 0.3) is 0 Å². The van der Waals surface area contributed by atoms with Gasteiger partial charge in [0.05, 0.1) is 19.1 Å². The number of cyclic esters (lactones) is 1. The van der Waals surface area contributed by atoms with Gasteiger partial charge in [-0.1, -0.05) is 27.7 Å². The number of aliphatic hydroxyl groups excluding tert-OH is 2. The van der Waals surface area contributed by atoms with Crippen LogP contribution in [-0.2, 0) is 9.53 Å². The SMILES string of the molecule is CC(C)C(CC1CC(CO)(CO)OC1=O)C(C)C. The number of aliphatic hydroxyl groups is 2. The third-order valence-electron chi connectivity index (χ3n) is 4.11. The van der Waals surface area contributed by atoms with Gasteiger partial charge in [0.15, 0.2) is 5.60 Å². The van der Waals surface area contributed by atoms with Crippen molar-refractivity contribution in [2.24, 2.45) is 23.7 Å². The van der Waals surface area contributed by atoms with Crippen LogP contribution in [0.4, 0.5) is 0 Å². The fourth-order valence-corrected chi connectivity index (χ4v) is 2.94. The van der Waals surface area contributed by atoms with Crippen LogP contribution in [0.1, 0.15) is 40.5 Å². The molecule has 1 fully saturated rings. The quantitative estimate of drug-likeness (QED) is 0.710. The van der Waals surface area contributed by atoms with E-state index < -0.39 is 5.60 Å². The summed E-state index contributed by atoms with van der Waals surface area (Å²) in [4.78, 5) is 11.8. The summed E-state index contributed by atoms with van der Waals surface area (Å²) in [6.45, 7) is 8.04. The van der Waals surface area contributed by atoms with E-state index in [4.69, 9.17) is 4.74 Å². The number of hydrogen-bond acceptors (Lipinski definition) is 4. The second-order valence-electron chi connectivity index (χ2n) is 6.21. The average Bonchev–Trinajstić information content (AvgIpc) is 2.63. The van der Waals surface area contributed by atoms with Crippen LogP contribution in [0, 0.1) is 23.7 Å². The molecule has 0 aromatic rings. The Hall–Kier alpha value is -0.610. The highest BCUT2D eigenvalue weighted by Crippen LogP contribution is 2.37. The van der Waals surface area contributed by atoms with Crippen LogP contribution in [-0.4, -0.2) is 35.0 Å². The average molecular weight is 258 g/mol. The smallest absolute Gasteiger partial charge is 0.309 e. The Bertz CT molecular complexity index is 274. The largest absolute Gasteiger partial charge is 0.454 e. The van der Waals surface area contributed by atoms with Crippen LogP contribution in [0.2, 0.25) is 0 Å². The molecule has 4 nitrogen and oxygen atoms in total. The van der Waals surface area contributed by atoms with Gasteiger partial charge in [-0.2, -0.15) is 0 Å². The summed E-state index contributed by atoms with van der Waals surface area (Å²) in [5.41, 5.74) is -1.06. The molecule has 0 bridgehead atoms. The first kappa shape index (κ1) is 15.4. The molecule has 0 spiro atoms. The number of carbonyl (C=O) groups is 1. The zero-order valence-electron chi connectivity index (χ0n) is 11.8. The maximum Gasteiger partial charge on any atom is 0.309 e. The van der Waals surface area contributed by atoms with Gasteiger partial charge in [0.1, 0.15) is 0 Å². The van der Waals surface area contributed by atoms with Crippen LogP contribution >= 0.6 is 0 Å². The van der Waals surface area contributed by atoms with Crippen molar-refractivity contribution < 1.29 is 19.7 Å². The normalized spacial score (nSPS) is 23.2. The molecule has 1 aliphatic rings. The van der Waals surface area contributed by atoms with E-state index in [1.807, 2.05) is 0 Å². The standard InChI is InChI=1S/C14H26O4/c1-9(2)12(10(3)4)5-11-6-14(7-15,8-16)18-13(11)17/h9-12,15-16H,5-8H2,1-4H3. The van der Waals surface area contributed by atoms with Crippen molar-refractivity contribution in [1.29, 1.82) is 0 Å². The lowest BCUT2D eigenvalue weighted by Gasteiger charge is -2.27. The Morgan fingerprint density at radius 2 is 1.72 bits per heavy atom. The van der Waals surface area contributed by atoms with Gasteiger partial charge < -0.3 is 14.9 Å². The van der Waals surface area contributed by atoms with Crippen molar-refractivity contribution in [1.82, 2.24) is 0 Å².